The summed E-state index contributed by atoms with van der Waals surface area (Å²) in [6, 6.07) is 3.78. The summed E-state index contributed by atoms with van der Waals surface area (Å²) in [6.45, 7) is 6.52. The molecule has 0 radical (unpaired) electrons. The topological polar surface area (TPSA) is 52.7 Å². The normalized spacial score (nSPS) is 10.9. The van der Waals surface area contributed by atoms with Gasteiger partial charge in [-0.05, 0) is 32.9 Å². The van der Waals surface area contributed by atoms with Crippen LogP contribution in [0.3, 0.4) is 0 Å². The van der Waals surface area contributed by atoms with Crippen LogP contribution in [0.25, 0.3) is 0 Å². The monoisotopic (exact) mass is 246 g/mol. The van der Waals surface area contributed by atoms with Crippen LogP contribution in [0.4, 0.5) is 0 Å². The molecule has 2 aromatic rings. The molecule has 0 aliphatic carbocycles. The zero-order chi connectivity index (χ0) is 13.3. The standard InChI is InChI=1S/C13H18N4O/c1-5-17-12(7-10(3)15-17)13(18)8-11-6-9(2)14-16(11)4/h6-7H,5,8H2,1-4H3. The van der Waals surface area contributed by atoms with Crippen LogP contribution in [0, 0.1) is 13.8 Å². The van der Waals surface area contributed by atoms with Crippen molar-refractivity contribution in [2.24, 2.45) is 7.05 Å². The lowest BCUT2D eigenvalue weighted by Gasteiger charge is -2.04. The van der Waals surface area contributed by atoms with Crippen molar-refractivity contribution in [2.45, 2.75) is 33.7 Å². The van der Waals surface area contributed by atoms with Gasteiger partial charge in [0.25, 0.3) is 0 Å². The van der Waals surface area contributed by atoms with Crippen molar-refractivity contribution in [2.75, 3.05) is 0 Å². The molecule has 5 heteroatoms. The van der Waals surface area contributed by atoms with E-state index < -0.39 is 0 Å². The first-order valence-electron chi connectivity index (χ1n) is 6.08. The Balaban J connectivity index is 2.24. The molecule has 0 atom stereocenters. The summed E-state index contributed by atoms with van der Waals surface area (Å²) >= 11 is 0. The van der Waals surface area contributed by atoms with E-state index in [4.69, 9.17) is 0 Å². The summed E-state index contributed by atoms with van der Waals surface area (Å²) < 4.78 is 3.51. The van der Waals surface area contributed by atoms with Crippen molar-refractivity contribution >= 4 is 5.78 Å². The quantitative estimate of drug-likeness (QED) is 0.771. The van der Waals surface area contributed by atoms with Crippen LogP contribution in [0.5, 0.6) is 0 Å². The molecular formula is C13H18N4O. The minimum absolute atomic E-state index is 0.0838. The van der Waals surface area contributed by atoms with Crippen molar-refractivity contribution in [3.05, 3.63) is 34.9 Å². The second kappa shape index (κ2) is 4.76. The fourth-order valence-corrected chi connectivity index (χ4v) is 2.10. The second-order valence-corrected chi connectivity index (χ2v) is 4.49. The molecule has 0 saturated carbocycles. The van der Waals surface area contributed by atoms with Crippen LogP contribution in [0.15, 0.2) is 12.1 Å². The highest BCUT2D eigenvalue weighted by atomic mass is 16.1. The lowest BCUT2D eigenvalue weighted by Crippen LogP contribution is -2.13. The number of aromatic nitrogens is 4. The first kappa shape index (κ1) is 12.5. The van der Waals surface area contributed by atoms with E-state index in [-0.39, 0.29) is 5.78 Å². The van der Waals surface area contributed by atoms with E-state index in [1.165, 1.54) is 0 Å². The second-order valence-electron chi connectivity index (χ2n) is 4.49. The zero-order valence-electron chi connectivity index (χ0n) is 11.3. The molecule has 2 heterocycles. The minimum Gasteiger partial charge on any atom is -0.292 e. The van der Waals surface area contributed by atoms with Crippen molar-refractivity contribution in [3.63, 3.8) is 0 Å². The third-order valence-corrected chi connectivity index (χ3v) is 2.93. The number of nitrogens with zero attached hydrogens (tertiary/aromatic N) is 4. The Morgan fingerprint density at radius 2 is 1.89 bits per heavy atom. The van der Waals surface area contributed by atoms with Gasteiger partial charge in [-0.25, -0.2) is 0 Å². The number of rotatable bonds is 4. The van der Waals surface area contributed by atoms with E-state index in [1.807, 2.05) is 40.0 Å². The Kier molecular flexibility index (Phi) is 3.32. The van der Waals surface area contributed by atoms with Gasteiger partial charge in [0, 0.05) is 19.3 Å². The molecule has 2 aromatic heterocycles. The Hall–Kier alpha value is -1.91. The predicted octanol–water partition coefficient (Wildman–Crippen LogP) is 1.68. The molecule has 0 N–H and O–H groups in total. The van der Waals surface area contributed by atoms with Crippen molar-refractivity contribution < 1.29 is 4.79 Å². The van der Waals surface area contributed by atoms with Crippen LogP contribution in [-0.2, 0) is 20.0 Å². The van der Waals surface area contributed by atoms with Crippen LogP contribution in [0.2, 0.25) is 0 Å². The van der Waals surface area contributed by atoms with Gasteiger partial charge >= 0.3 is 0 Å². The average molecular weight is 246 g/mol. The first-order chi connectivity index (χ1) is 8.51. The number of Topliss-reactive ketones (excluding diaryl/α,β-unsaturated/α-hetero) is 1. The summed E-state index contributed by atoms with van der Waals surface area (Å²) in [4.78, 5) is 12.3. The molecule has 0 unspecified atom stereocenters. The summed E-state index contributed by atoms with van der Waals surface area (Å²) in [7, 11) is 1.86. The van der Waals surface area contributed by atoms with Crippen LogP contribution in [-0.4, -0.2) is 25.3 Å². The Bertz CT molecular complexity index is 580. The number of hydrogen-bond donors (Lipinski definition) is 0. The van der Waals surface area contributed by atoms with Crippen molar-refractivity contribution in [1.82, 2.24) is 19.6 Å². The number of carbonyl (C=O) groups excluding carboxylic acids is 1. The minimum atomic E-state index is 0.0838. The van der Waals surface area contributed by atoms with Gasteiger partial charge in [0.05, 0.1) is 17.8 Å². The third kappa shape index (κ3) is 2.34. The Morgan fingerprint density at radius 3 is 2.44 bits per heavy atom. The van der Waals surface area contributed by atoms with Crippen molar-refractivity contribution in [1.29, 1.82) is 0 Å². The van der Waals surface area contributed by atoms with Crippen LogP contribution < -0.4 is 0 Å². The van der Waals surface area contributed by atoms with Gasteiger partial charge in [-0.15, -0.1) is 0 Å². The Labute approximate surface area is 106 Å². The van der Waals surface area contributed by atoms with Gasteiger partial charge in [0.2, 0.25) is 0 Å². The molecule has 0 amide bonds. The molecule has 0 aliphatic heterocycles. The molecule has 0 saturated heterocycles. The fraction of sp³-hybridized carbons (Fsp3) is 0.462. The van der Waals surface area contributed by atoms with E-state index in [1.54, 1.807) is 9.36 Å². The van der Waals surface area contributed by atoms with E-state index in [2.05, 4.69) is 10.2 Å². The number of ketones is 1. The third-order valence-electron chi connectivity index (χ3n) is 2.93. The van der Waals surface area contributed by atoms with Crippen molar-refractivity contribution in [3.8, 4) is 0 Å². The SMILES string of the molecule is CCn1nc(C)cc1C(=O)Cc1cc(C)nn1C. The lowest BCUT2D eigenvalue weighted by atomic mass is 10.1. The molecule has 96 valence electrons. The fourth-order valence-electron chi connectivity index (χ4n) is 2.10. The van der Waals surface area contributed by atoms with E-state index in [9.17, 15) is 4.79 Å². The summed E-state index contributed by atoms with van der Waals surface area (Å²) in [6.07, 6.45) is 0.364. The summed E-state index contributed by atoms with van der Waals surface area (Å²) in [5, 5.41) is 8.54. The lowest BCUT2D eigenvalue weighted by molar-refractivity contribution is 0.0980. The maximum Gasteiger partial charge on any atom is 0.186 e. The Morgan fingerprint density at radius 1 is 1.22 bits per heavy atom. The maximum absolute atomic E-state index is 12.3. The van der Waals surface area contributed by atoms with Gasteiger partial charge in [-0.2, -0.15) is 10.2 Å². The smallest absolute Gasteiger partial charge is 0.186 e. The number of hydrogen-bond acceptors (Lipinski definition) is 3. The first-order valence-corrected chi connectivity index (χ1v) is 6.08. The average Bonchev–Trinajstić information content (AvgIpc) is 2.82. The maximum atomic E-state index is 12.3. The number of aryl methyl sites for hydroxylation is 4. The molecule has 18 heavy (non-hydrogen) atoms. The van der Waals surface area contributed by atoms with Gasteiger partial charge in [-0.3, -0.25) is 14.2 Å². The zero-order valence-corrected chi connectivity index (χ0v) is 11.3. The molecule has 0 aromatic carbocycles. The predicted molar refractivity (Wildman–Crippen MR) is 68.6 cm³/mol. The van der Waals surface area contributed by atoms with E-state index in [0.717, 1.165) is 17.1 Å². The number of carbonyl (C=O) groups is 1. The highest BCUT2D eigenvalue weighted by Crippen LogP contribution is 2.10. The molecule has 0 aliphatic rings. The molecule has 0 spiro atoms. The van der Waals surface area contributed by atoms with E-state index in [0.29, 0.717) is 18.7 Å². The van der Waals surface area contributed by atoms with Crippen LogP contribution in [0.1, 0.15) is 34.5 Å². The molecule has 0 fully saturated rings. The summed E-state index contributed by atoms with van der Waals surface area (Å²) in [5.41, 5.74) is 3.41. The highest BCUT2D eigenvalue weighted by Gasteiger charge is 2.15. The molecular weight excluding hydrogens is 228 g/mol. The van der Waals surface area contributed by atoms with E-state index >= 15 is 0 Å². The summed E-state index contributed by atoms with van der Waals surface area (Å²) in [5.74, 6) is 0.0838. The van der Waals surface area contributed by atoms with Gasteiger partial charge in [0.1, 0.15) is 5.69 Å². The largest absolute Gasteiger partial charge is 0.292 e. The highest BCUT2D eigenvalue weighted by molar-refractivity contribution is 5.95. The van der Waals surface area contributed by atoms with Gasteiger partial charge in [0.15, 0.2) is 5.78 Å². The molecule has 0 bridgehead atoms. The van der Waals surface area contributed by atoms with Gasteiger partial charge in [-0.1, -0.05) is 0 Å². The molecule has 2 rings (SSSR count). The van der Waals surface area contributed by atoms with Crippen LogP contribution >= 0.6 is 0 Å². The molecule has 5 nitrogen and oxygen atoms in total. The van der Waals surface area contributed by atoms with Gasteiger partial charge < -0.3 is 0 Å².